The van der Waals surface area contributed by atoms with E-state index in [2.05, 4.69) is 49.2 Å². The van der Waals surface area contributed by atoms with Gasteiger partial charge in [0.1, 0.15) is 4.83 Å². The number of hydrogen-bond donors (Lipinski definition) is 1. The number of aryl methyl sites for hydroxylation is 3. The van der Waals surface area contributed by atoms with E-state index in [1.807, 2.05) is 25.6 Å². The predicted molar refractivity (Wildman–Crippen MR) is 103 cm³/mol. The van der Waals surface area contributed by atoms with E-state index < -0.39 is 0 Å². The number of pyridine rings is 1. The summed E-state index contributed by atoms with van der Waals surface area (Å²) < 4.78 is 3.20. The third kappa shape index (κ3) is 3.50. The third-order valence-corrected chi connectivity index (χ3v) is 4.84. The lowest BCUT2D eigenvalue weighted by Crippen LogP contribution is -2.05. The lowest BCUT2D eigenvalue weighted by molar-refractivity contribution is 0.606. The number of nitrogens with one attached hydrogen (secondary N) is 1. The van der Waals surface area contributed by atoms with Gasteiger partial charge in [-0.15, -0.1) is 11.3 Å². The van der Waals surface area contributed by atoms with Crippen LogP contribution in [0.1, 0.15) is 45.4 Å². The summed E-state index contributed by atoms with van der Waals surface area (Å²) >= 11 is 1.74. The standard InChI is InChI=1S/C16H22N4S.C2H6/c1-9(2)6-7-17-15-14-13(20(5)19-15)12-10(3)8-11(4)18-16(12)21-14;1-2/h8-9H,6-7H2,1-5H3,(H,17,19);1-2H3. The van der Waals surface area contributed by atoms with Crippen LogP contribution >= 0.6 is 11.3 Å². The van der Waals surface area contributed by atoms with Gasteiger partial charge < -0.3 is 5.32 Å². The van der Waals surface area contributed by atoms with Crippen molar-refractivity contribution in [2.45, 2.75) is 48.0 Å². The Bertz CT molecular complexity index is 798. The van der Waals surface area contributed by atoms with Crippen LogP contribution < -0.4 is 5.32 Å². The van der Waals surface area contributed by atoms with Crippen molar-refractivity contribution in [1.82, 2.24) is 14.8 Å². The summed E-state index contributed by atoms with van der Waals surface area (Å²) in [4.78, 5) is 5.80. The number of thiophene rings is 1. The molecule has 4 nitrogen and oxygen atoms in total. The van der Waals surface area contributed by atoms with Gasteiger partial charge in [-0.05, 0) is 37.8 Å². The van der Waals surface area contributed by atoms with E-state index in [9.17, 15) is 0 Å². The van der Waals surface area contributed by atoms with Crippen molar-refractivity contribution in [2.75, 3.05) is 11.9 Å². The Morgan fingerprint density at radius 2 is 1.96 bits per heavy atom. The zero-order chi connectivity index (χ0) is 17.1. The van der Waals surface area contributed by atoms with E-state index in [-0.39, 0.29) is 0 Å². The topological polar surface area (TPSA) is 42.7 Å². The van der Waals surface area contributed by atoms with Gasteiger partial charge >= 0.3 is 0 Å². The molecule has 126 valence electrons. The summed E-state index contributed by atoms with van der Waals surface area (Å²) in [7, 11) is 2.02. The first-order valence-corrected chi connectivity index (χ1v) is 9.26. The normalized spacial score (nSPS) is 11.1. The molecule has 3 aromatic rings. The molecule has 0 fully saturated rings. The fourth-order valence-electron chi connectivity index (χ4n) is 2.73. The zero-order valence-electron chi connectivity index (χ0n) is 15.3. The van der Waals surface area contributed by atoms with Crippen molar-refractivity contribution in [2.24, 2.45) is 13.0 Å². The molecular weight excluding hydrogens is 304 g/mol. The molecule has 0 saturated heterocycles. The van der Waals surface area contributed by atoms with Crippen LogP contribution in [-0.2, 0) is 7.05 Å². The first-order chi connectivity index (χ1) is 11.0. The number of aromatic nitrogens is 3. The molecule has 3 heterocycles. The summed E-state index contributed by atoms with van der Waals surface area (Å²) in [6, 6.07) is 2.15. The second-order valence-corrected chi connectivity index (χ2v) is 7.12. The molecule has 1 N–H and O–H groups in total. The van der Waals surface area contributed by atoms with E-state index in [0.717, 1.165) is 29.3 Å². The number of fused-ring (bicyclic) bond motifs is 3. The molecule has 3 rings (SSSR count). The fourth-order valence-corrected chi connectivity index (χ4v) is 4.02. The van der Waals surface area contributed by atoms with E-state index >= 15 is 0 Å². The lowest BCUT2D eigenvalue weighted by atomic mass is 10.1. The Balaban J connectivity index is 0.000000924. The first-order valence-electron chi connectivity index (χ1n) is 8.44. The first kappa shape index (κ1) is 17.7. The monoisotopic (exact) mass is 332 g/mol. The Kier molecular flexibility index (Phi) is 5.63. The van der Waals surface area contributed by atoms with Crippen molar-refractivity contribution in [3.63, 3.8) is 0 Å². The van der Waals surface area contributed by atoms with Crippen LogP contribution in [0.4, 0.5) is 5.82 Å². The molecule has 0 aromatic carbocycles. The van der Waals surface area contributed by atoms with Crippen LogP contribution in [0.15, 0.2) is 6.07 Å². The number of rotatable bonds is 4. The minimum Gasteiger partial charge on any atom is -0.367 e. The van der Waals surface area contributed by atoms with Gasteiger partial charge in [0, 0.05) is 24.7 Å². The highest BCUT2D eigenvalue weighted by Crippen LogP contribution is 2.38. The van der Waals surface area contributed by atoms with Gasteiger partial charge in [0.25, 0.3) is 0 Å². The lowest BCUT2D eigenvalue weighted by Gasteiger charge is -2.05. The zero-order valence-corrected chi connectivity index (χ0v) is 16.1. The molecule has 23 heavy (non-hydrogen) atoms. The molecule has 0 amide bonds. The van der Waals surface area contributed by atoms with Gasteiger partial charge in [-0.2, -0.15) is 5.10 Å². The van der Waals surface area contributed by atoms with Crippen molar-refractivity contribution in [3.8, 4) is 0 Å². The van der Waals surface area contributed by atoms with Crippen LogP contribution in [0.2, 0.25) is 0 Å². The Labute approximate surface area is 142 Å². The van der Waals surface area contributed by atoms with Crippen LogP contribution in [0.25, 0.3) is 20.4 Å². The molecule has 0 unspecified atom stereocenters. The predicted octanol–water partition coefficient (Wildman–Crippen LogP) is 5.28. The SMILES string of the molecule is CC.Cc1cc(C)c2c(n1)sc1c(NCCC(C)C)nn(C)c12. The van der Waals surface area contributed by atoms with Crippen molar-refractivity contribution < 1.29 is 0 Å². The second kappa shape index (κ2) is 7.30. The molecule has 0 saturated carbocycles. The molecule has 0 radical (unpaired) electrons. The van der Waals surface area contributed by atoms with Crippen LogP contribution in [0.3, 0.4) is 0 Å². The van der Waals surface area contributed by atoms with Crippen LogP contribution in [0.5, 0.6) is 0 Å². The van der Waals surface area contributed by atoms with Crippen molar-refractivity contribution in [1.29, 1.82) is 0 Å². The third-order valence-electron chi connectivity index (χ3n) is 3.76. The summed E-state index contributed by atoms with van der Waals surface area (Å²) in [5.74, 6) is 1.69. The molecule has 0 aliphatic carbocycles. The molecule has 5 heteroatoms. The number of hydrogen-bond acceptors (Lipinski definition) is 4. The van der Waals surface area contributed by atoms with Crippen LogP contribution in [-0.4, -0.2) is 21.3 Å². The molecular formula is C18H28N4S. The van der Waals surface area contributed by atoms with Gasteiger partial charge in [-0.3, -0.25) is 4.68 Å². The average Bonchev–Trinajstić information content (AvgIpc) is 2.99. The summed E-state index contributed by atoms with van der Waals surface area (Å²) in [5, 5.41) is 9.38. The van der Waals surface area contributed by atoms with E-state index in [0.29, 0.717) is 5.92 Å². The van der Waals surface area contributed by atoms with E-state index in [1.54, 1.807) is 11.3 Å². The van der Waals surface area contributed by atoms with Crippen molar-refractivity contribution in [3.05, 3.63) is 17.3 Å². The molecule has 0 atom stereocenters. The van der Waals surface area contributed by atoms with Gasteiger partial charge in [0.05, 0.1) is 10.2 Å². The Morgan fingerprint density at radius 3 is 2.61 bits per heavy atom. The van der Waals surface area contributed by atoms with Gasteiger partial charge in [-0.1, -0.05) is 27.7 Å². The minimum absolute atomic E-state index is 0.700. The maximum Gasteiger partial charge on any atom is 0.166 e. The van der Waals surface area contributed by atoms with E-state index in [1.165, 1.54) is 21.2 Å². The molecule has 3 aromatic heterocycles. The minimum atomic E-state index is 0.700. The Morgan fingerprint density at radius 1 is 1.26 bits per heavy atom. The van der Waals surface area contributed by atoms with Gasteiger partial charge in [0.2, 0.25) is 0 Å². The average molecular weight is 333 g/mol. The molecule has 0 bridgehead atoms. The maximum absolute atomic E-state index is 4.69. The summed E-state index contributed by atoms with van der Waals surface area (Å²) in [6.45, 7) is 13.7. The largest absolute Gasteiger partial charge is 0.367 e. The fraction of sp³-hybridized carbons (Fsp3) is 0.556. The molecule has 0 spiro atoms. The second-order valence-electron chi connectivity index (χ2n) is 6.12. The van der Waals surface area contributed by atoms with E-state index in [4.69, 9.17) is 0 Å². The highest BCUT2D eigenvalue weighted by atomic mass is 32.1. The Hall–Kier alpha value is -1.62. The van der Waals surface area contributed by atoms with Crippen LogP contribution in [0, 0.1) is 19.8 Å². The maximum atomic E-state index is 4.69. The highest BCUT2D eigenvalue weighted by Gasteiger charge is 2.17. The smallest absolute Gasteiger partial charge is 0.166 e. The number of anilines is 1. The van der Waals surface area contributed by atoms with Gasteiger partial charge in [-0.25, -0.2) is 4.98 Å². The molecule has 0 aliphatic heterocycles. The summed E-state index contributed by atoms with van der Waals surface area (Å²) in [6.07, 6.45) is 1.15. The summed E-state index contributed by atoms with van der Waals surface area (Å²) in [5.41, 5.74) is 3.56. The quantitative estimate of drug-likeness (QED) is 0.706. The highest BCUT2D eigenvalue weighted by molar-refractivity contribution is 7.26. The molecule has 0 aliphatic rings. The number of nitrogens with zero attached hydrogens (tertiary/aromatic N) is 3. The van der Waals surface area contributed by atoms with Gasteiger partial charge in [0.15, 0.2) is 5.82 Å². The van der Waals surface area contributed by atoms with Crippen molar-refractivity contribution >= 4 is 37.6 Å².